The smallest absolute Gasteiger partial charge is 0.253 e. The number of nitrogens with one attached hydrogen (secondary N) is 1. The van der Waals surface area contributed by atoms with E-state index in [0.29, 0.717) is 23.4 Å². The molecule has 0 fully saturated rings. The molecule has 1 amide bonds. The number of halogens is 1. The quantitative estimate of drug-likeness (QED) is 0.476. The lowest BCUT2D eigenvalue weighted by Gasteiger charge is -2.17. The number of fused-ring (bicyclic) bond motifs is 1. The summed E-state index contributed by atoms with van der Waals surface area (Å²) in [6.45, 7) is 0. The van der Waals surface area contributed by atoms with Crippen molar-refractivity contribution in [1.82, 2.24) is 5.32 Å². The molecule has 0 spiro atoms. The highest BCUT2D eigenvalue weighted by Gasteiger charge is 2.22. The molecule has 0 atom stereocenters. The van der Waals surface area contributed by atoms with Crippen LogP contribution in [0.4, 0.5) is 5.69 Å². The molecule has 0 radical (unpaired) electrons. The summed E-state index contributed by atoms with van der Waals surface area (Å²) in [6, 6.07) is 9.90. The zero-order valence-corrected chi connectivity index (χ0v) is 16.8. The van der Waals surface area contributed by atoms with Crippen LogP contribution in [-0.4, -0.2) is 20.1 Å². The van der Waals surface area contributed by atoms with Crippen LogP contribution in [0.3, 0.4) is 0 Å². The van der Waals surface area contributed by atoms with Crippen molar-refractivity contribution in [3.63, 3.8) is 0 Å². The SMILES string of the molecule is C#CCc1cc(C(=O)NC)c(N)c(OC)c1-c1cc2c(Br)cccc2s1. The van der Waals surface area contributed by atoms with Gasteiger partial charge in [-0.3, -0.25) is 4.79 Å². The third kappa shape index (κ3) is 3.05. The van der Waals surface area contributed by atoms with Crippen molar-refractivity contribution in [1.29, 1.82) is 0 Å². The fraction of sp³-hybridized carbons (Fsp3) is 0.150. The standard InChI is InChI=1S/C20H17BrN2O2S/c1-4-6-11-9-13(20(24)23-2)18(22)19(25-3)17(11)16-10-12-14(21)7-5-8-15(12)26-16/h1,5,7-10H,6,22H2,2-3H3,(H,23,24). The van der Waals surface area contributed by atoms with E-state index in [1.165, 1.54) is 0 Å². The second-order valence-corrected chi connectivity index (χ2v) is 7.57. The summed E-state index contributed by atoms with van der Waals surface area (Å²) in [5.41, 5.74) is 8.59. The largest absolute Gasteiger partial charge is 0.494 e. The lowest BCUT2D eigenvalue weighted by atomic mass is 9.96. The second kappa shape index (κ2) is 7.40. The van der Waals surface area contributed by atoms with Crippen LogP contribution < -0.4 is 15.8 Å². The molecule has 3 rings (SSSR count). The van der Waals surface area contributed by atoms with Gasteiger partial charge in [0, 0.05) is 38.5 Å². The van der Waals surface area contributed by atoms with E-state index in [1.54, 1.807) is 31.6 Å². The van der Waals surface area contributed by atoms with E-state index >= 15 is 0 Å². The van der Waals surface area contributed by atoms with Crippen LogP contribution in [0.1, 0.15) is 15.9 Å². The first kappa shape index (κ1) is 18.3. The monoisotopic (exact) mass is 428 g/mol. The van der Waals surface area contributed by atoms with Crippen molar-refractivity contribution in [2.24, 2.45) is 0 Å². The highest BCUT2D eigenvalue weighted by atomic mass is 79.9. The van der Waals surface area contributed by atoms with E-state index in [0.717, 1.165) is 30.6 Å². The van der Waals surface area contributed by atoms with Gasteiger partial charge in [0.2, 0.25) is 0 Å². The van der Waals surface area contributed by atoms with E-state index in [4.69, 9.17) is 16.9 Å². The number of carbonyl (C=O) groups is 1. The van der Waals surface area contributed by atoms with E-state index < -0.39 is 0 Å². The molecule has 6 heteroatoms. The van der Waals surface area contributed by atoms with E-state index in [-0.39, 0.29) is 5.91 Å². The molecule has 3 aromatic rings. The summed E-state index contributed by atoms with van der Waals surface area (Å²) in [5.74, 6) is 2.86. The van der Waals surface area contributed by atoms with E-state index in [2.05, 4.69) is 39.3 Å². The Bertz CT molecular complexity index is 1050. The lowest BCUT2D eigenvalue weighted by molar-refractivity contribution is 0.0963. The molecular formula is C20H17BrN2O2S. The number of amides is 1. The van der Waals surface area contributed by atoms with Gasteiger partial charge in [0.1, 0.15) is 0 Å². The van der Waals surface area contributed by atoms with Gasteiger partial charge >= 0.3 is 0 Å². The molecule has 1 aromatic heterocycles. The molecule has 0 aliphatic heterocycles. The molecule has 2 aromatic carbocycles. The van der Waals surface area contributed by atoms with E-state index in [1.807, 2.05) is 12.1 Å². The number of terminal acetylenes is 1. The Balaban J connectivity index is 2.34. The molecule has 0 saturated carbocycles. The minimum Gasteiger partial charge on any atom is -0.494 e. The Morgan fingerprint density at radius 2 is 2.19 bits per heavy atom. The maximum absolute atomic E-state index is 12.2. The van der Waals surface area contributed by atoms with Crippen LogP contribution in [0, 0.1) is 12.3 Å². The first-order valence-corrected chi connectivity index (χ1v) is 9.46. The van der Waals surface area contributed by atoms with Gasteiger partial charge in [-0.15, -0.1) is 23.7 Å². The zero-order valence-electron chi connectivity index (χ0n) is 14.4. The van der Waals surface area contributed by atoms with Crippen LogP contribution in [0.25, 0.3) is 20.5 Å². The summed E-state index contributed by atoms with van der Waals surface area (Å²) in [5, 5.41) is 3.71. The molecule has 0 aliphatic carbocycles. The van der Waals surface area contributed by atoms with Gasteiger partial charge < -0.3 is 15.8 Å². The number of thiophene rings is 1. The third-order valence-electron chi connectivity index (χ3n) is 4.12. The molecule has 1 heterocycles. The molecule has 0 unspecified atom stereocenters. The van der Waals surface area contributed by atoms with Crippen molar-refractivity contribution in [2.45, 2.75) is 6.42 Å². The third-order valence-corrected chi connectivity index (χ3v) is 5.93. The van der Waals surface area contributed by atoms with Gasteiger partial charge in [0.05, 0.1) is 18.4 Å². The fourth-order valence-electron chi connectivity index (χ4n) is 2.93. The van der Waals surface area contributed by atoms with Gasteiger partial charge in [-0.2, -0.15) is 0 Å². The van der Waals surface area contributed by atoms with Gasteiger partial charge in [-0.25, -0.2) is 0 Å². The Morgan fingerprint density at radius 3 is 2.81 bits per heavy atom. The van der Waals surface area contributed by atoms with Crippen LogP contribution in [-0.2, 0) is 6.42 Å². The zero-order chi connectivity index (χ0) is 18.8. The normalized spacial score (nSPS) is 10.5. The highest BCUT2D eigenvalue weighted by Crippen LogP contribution is 2.45. The minimum absolute atomic E-state index is 0.273. The number of nitrogen functional groups attached to an aromatic ring is 1. The van der Waals surface area contributed by atoms with Crippen molar-refractivity contribution >= 4 is 48.9 Å². The van der Waals surface area contributed by atoms with Crippen LogP contribution in [0.2, 0.25) is 0 Å². The van der Waals surface area contributed by atoms with Crippen LogP contribution >= 0.6 is 27.3 Å². The van der Waals surface area contributed by atoms with Gasteiger partial charge in [-0.05, 0) is 29.8 Å². The number of methoxy groups -OCH3 is 1. The molecular weight excluding hydrogens is 412 g/mol. The summed E-state index contributed by atoms with van der Waals surface area (Å²) < 4.78 is 7.76. The number of carbonyl (C=O) groups excluding carboxylic acids is 1. The Labute approximate surface area is 164 Å². The minimum atomic E-state index is -0.273. The summed E-state index contributed by atoms with van der Waals surface area (Å²) in [6.07, 6.45) is 5.93. The summed E-state index contributed by atoms with van der Waals surface area (Å²) in [4.78, 5) is 13.2. The molecule has 26 heavy (non-hydrogen) atoms. The Morgan fingerprint density at radius 1 is 1.42 bits per heavy atom. The number of rotatable bonds is 4. The van der Waals surface area contributed by atoms with Crippen molar-refractivity contribution in [2.75, 3.05) is 19.9 Å². The first-order chi connectivity index (χ1) is 12.5. The van der Waals surface area contributed by atoms with Gasteiger partial charge in [0.15, 0.2) is 5.75 Å². The summed E-state index contributed by atoms with van der Waals surface area (Å²) in [7, 11) is 3.11. The van der Waals surface area contributed by atoms with Gasteiger partial charge in [0.25, 0.3) is 5.91 Å². The van der Waals surface area contributed by atoms with Crippen LogP contribution in [0.5, 0.6) is 5.75 Å². The van der Waals surface area contributed by atoms with Crippen molar-refractivity contribution in [3.8, 4) is 28.5 Å². The number of hydrogen-bond acceptors (Lipinski definition) is 4. The maximum Gasteiger partial charge on any atom is 0.253 e. The van der Waals surface area contributed by atoms with E-state index in [9.17, 15) is 4.79 Å². The lowest BCUT2D eigenvalue weighted by Crippen LogP contribution is -2.20. The summed E-state index contributed by atoms with van der Waals surface area (Å²) >= 11 is 5.22. The fourth-order valence-corrected chi connectivity index (χ4v) is 4.71. The Hall–Kier alpha value is -2.49. The number of anilines is 1. The predicted molar refractivity (Wildman–Crippen MR) is 112 cm³/mol. The molecule has 3 N–H and O–H groups in total. The number of ether oxygens (including phenoxy) is 1. The predicted octanol–water partition coefficient (Wildman–Crippen LogP) is 4.46. The number of benzene rings is 2. The molecule has 0 saturated heterocycles. The van der Waals surface area contributed by atoms with Crippen molar-refractivity contribution in [3.05, 3.63) is 45.9 Å². The second-order valence-electron chi connectivity index (χ2n) is 5.63. The average molecular weight is 429 g/mol. The molecule has 0 bridgehead atoms. The topological polar surface area (TPSA) is 64.4 Å². The highest BCUT2D eigenvalue weighted by molar-refractivity contribution is 9.10. The Kier molecular flexibility index (Phi) is 5.21. The first-order valence-electron chi connectivity index (χ1n) is 7.85. The van der Waals surface area contributed by atoms with Gasteiger partial charge in [-0.1, -0.05) is 22.0 Å². The van der Waals surface area contributed by atoms with Crippen LogP contribution in [0.15, 0.2) is 34.8 Å². The molecule has 0 aliphatic rings. The maximum atomic E-state index is 12.2. The number of hydrogen-bond donors (Lipinski definition) is 2. The van der Waals surface area contributed by atoms with Crippen molar-refractivity contribution < 1.29 is 9.53 Å². The average Bonchev–Trinajstić information content (AvgIpc) is 3.07. The number of nitrogens with two attached hydrogens (primary N) is 1. The molecule has 4 nitrogen and oxygen atoms in total. The molecule has 132 valence electrons.